The molecular formula is C25H18BrClN2O4. The highest BCUT2D eigenvalue weighted by atomic mass is 79.9. The van der Waals surface area contributed by atoms with E-state index in [-0.39, 0.29) is 5.57 Å². The Kier molecular flexibility index (Phi) is 6.62. The molecule has 8 heteroatoms. The van der Waals surface area contributed by atoms with E-state index >= 15 is 0 Å². The first-order chi connectivity index (χ1) is 15.9. The van der Waals surface area contributed by atoms with Crippen LogP contribution in [-0.2, 0) is 16.0 Å². The Labute approximate surface area is 203 Å². The highest BCUT2D eigenvalue weighted by molar-refractivity contribution is 9.10. The lowest BCUT2D eigenvalue weighted by Gasteiger charge is -2.26. The number of anilines is 1. The van der Waals surface area contributed by atoms with Crippen LogP contribution in [0.25, 0.3) is 6.08 Å². The van der Waals surface area contributed by atoms with E-state index in [1.165, 1.54) is 6.08 Å². The average Bonchev–Trinajstić information content (AvgIpc) is 2.80. The van der Waals surface area contributed by atoms with Gasteiger partial charge in [-0.1, -0.05) is 63.9 Å². The number of nitrogens with one attached hydrogen (secondary N) is 1. The van der Waals surface area contributed by atoms with Crippen LogP contribution < -0.4 is 15.0 Å². The zero-order valence-electron chi connectivity index (χ0n) is 17.5. The van der Waals surface area contributed by atoms with Gasteiger partial charge in [-0.15, -0.1) is 0 Å². The smallest absolute Gasteiger partial charge is 0.335 e. The number of carbonyl (C=O) groups is 3. The lowest BCUT2D eigenvalue weighted by Crippen LogP contribution is -2.54. The molecule has 0 aromatic heterocycles. The summed E-state index contributed by atoms with van der Waals surface area (Å²) in [4.78, 5) is 38.8. The minimum absolute atomic E-state index is 0.161. The number of benzene rings is 3. The van der Waals surface area contributed by atoms with Gasteiger partial charge in [-0.2, -0.15) is 0 Å². The fraction of sp³-hybridized carbons (Fsp3) is 0.0800. The van der Waals surface area contributed by atoms with Gasteiger partial charge in [0, 0.05) is 21.5 Å². The van der Waals surface area contributed by atoms with Gasteiger partial charge in [0.25, 0.3) is 11.8 Å². The summed E-state index contributed by atoms with van der Waals surface area (Å²) in [6.07, 6.45) is 1.96. The van der Waals surface area contributed by atoms with Crippen molar-refractivity contribution in [2.45, 2.75) is 6.42 Å². The number of halogens is 2. The quantitative estimate of drug-likeness (QED) is 0.359. The van der Waals surface area contributed by atoms with E-state index in [0.29, 0.717) is 28.4 Å². The Morgan fingerprint density at radius 2 is 1.73 bits per heavy atom. The summed E-state index contributed by atoms with van der Waals surface area (Å²) in [6, 6.07) is 18.7. The number of nitrogens with zero attached hydrogens (tertiary/aromatic N) is 1. The number of ether oxygens (including phenoxy) is 1. The van der Waals surface area contributed by atoms with Gasteiger partial charge in [-0.25, -0.2) is 9.69 Å². The van der Waals surface area contributed by atoms with Crippen molar-refractivity contribution in [2.24, 2.45) is 0 Å². The molecule has 1 aliphatic rings. The summed E-state index contributed by atoms with van der Waals surface area (Å²) in [7, 11) is 1.54. The number of carbonyl (C=O) groups excluding carboxylic acids is 3. The van der Waals surface area contributed by atoms with Crippen molar-refractivity contribution in [3.8, 4) is 5.75 Å². The van der Waals surface area contributed by atoms with Crippen LogP contribution in [0.15, 0.2) is 76.8 Å². The Bertz CT molecular complexity index is 1290. The Morgan fingerprint density at radius 3 is 2.42 bits per heavy atom. The molecule has 0 spiro atoms. The number of methoxy groups -OCH3 is 1. The molecule has 0 aliphatic carbocycles. The van der Waals surface area contributed by atoms with Gasteiger partial charge < -0.3 is 4.74 Å². The van der Waals surface area contributed by atoms with Crippen molar-refractivity contribution in [3.63, 3.8) is 0 Å². The van der Waals surface area contributed by atoms with Crippen LogP contribution in [0.1, 0.15) is 16.7 Å². The number of urea groups is 1. The molecule has 3 aromatic carbocycles. The maximum Gasteiger partial charge on any atom is 0.335 e. The number of hydrogen-bond acceptors (Lipinski definition) is 4. The summed E-state index contributed by atoms with van der Waals surface area (Å²) in [5.74, 6) is -0.895. The Hall–Kier alpha value is -3.42. The lowest BCUT2D eigenvalue weighted by molar-refractivity contribution is -0.122. The van der Waals surface area contributed by atoms with Crippen molar-refractivity contribution in [1.29, 1.82) is 0 Å². The van der Waals surface area contributed by atoms with Gasteiger partial charge >= 0.3 is 6.03 Å². The van der Waals surface area contributed by atoms with E-state index in [0.717, 1.165) is 20.5 Å². The van der Waals surface area contributed by atoms with Gasteiger partial charge in [0.1, 0.15) is 11.3 Å². The van der Waals surface area contributed by atoms with E-state index in [1.807, 2.05) is 24.3 Å². The first-order valence-corrected chi connectivity index (χ1v) is 11.1. The van der Waals surface area contributed by atoms with E-state index in [9.17, 15) is 14.4 Å². The number of imide groups is 2. The minimum atomic E-state index is -0.790. The zero-order chi connectivity index (χ0) is 23.5. The van der Waals surface area contributed by atoms with Crippen LogP contribution >= 0.6 is 27.5 Å². The van der Waals surface area contributed by atoms with E-state index in [2.05, 4.69) is 21.2 Å². The van der Waals surface area contributed by atoms with E-state index in [1.54, 1.807) is 49.6 Å². The second-order valence-corrected chi connectivity index (χ2v) is 8.51. The Balaban J connectivity index is 1.71. The standard InChI is InChI=1S/C25H18BrClN2O4/c1-33-22-13-15(12-20(26)18(22)14-16-7-5-6-10-21(16)27)11-19-23(30)28-25(32)29(24(19)31)17-8-3-2-4-9-17/h2-13H,14H2,1H3,(H,28,30,32)/b19-11+. The third-order valence-electron chi connectivity index (χ3n) is 5.15. The van der Waals surface area contributed by atoms with Crippen LogP contribution in [0.2, 0.25) is 5.02 Å². The van der Waals surface area contributed by atoms with Crippen LogP contribution in [0.3, 0.4) is 0 Å². The minimum Gasteiger partial charge on any atom is -0.496 e. The number of amides is 4. The predicted molar refractivity (Wildman–Crippen MR) is 130 cm³/mol. The van der Waals surface area contributed by atoms with Gasteiger partial charge in [-0.3, -0.25) is 14.9 Å². The molecule has 0 saturated carbocycles. The van der Waals surface area contributed by atoms with Crippen LogP contribution in [-0.4, -0.2) is 25.0 Å². The molecule has 1 heterocycles. The van der Waals surface area contributed by atoms with Crippen molar-refractivity contribution >= 4 is 57.1 Å². The van der Waals surface area contributed by atoms with Gasteiger partial charge in [0.05, 0.1) is 12.8 Å². The molecule has 33 heavy (non-hydrogen) atoms. The van der Waals surface area contributed by atoms with Crippen LogP contribution in [0, 0.1) is 0 Å². The van der Waals surface area contributed by atoms with Crippen molar-refractivity contribution in [1.82, 2.24) is 5.32 Å². The van der Waals surface area contributed by atoms with Gasteiger partial charge in [-0.05, 0) is 47.5 Å². The zero-order valence-corrected chi connectivity index (χ0v) is 19.8. The highest BCUT2D eigenvalue weighted by Gasteiger charge is 2.36. The fourth-order valence-electron chi connectivity index (χ4n) is 3.54. The molecular weight excluding hydrogens is 508 g/mol. The normalized spacial score (nSPS) is 15.1. The molecule has 0 bridgehead atoms. The predicted octanol–water partition coefficient (Wildman–Crippen LogP) is 5.37. The molecule has 6 nitrogen and oxygen atoms in total. The van der Waals surface area contributed by atoms with Crippen LogP contribution in [0.5, 0.6) is 5.75 Å². The molecule has 1 fully saturated rings. The molecule has 3 aromatic rings. The van der Waals surface area contributed by atoms with E-state index in [4.69, 9.17) is 16.3 Å². The molecule has 4 amide bonds. The third-order valence-corrected chi connectivity index (χ3v) is 6.23. The summed E-state index contributed by atoms with van der Waals surface area (Å²) in [5.41, 5.74) is 2.57. The maximum absolute atomic E-state index is 13.1. The largest absolute Gasteiger partial charge is 0.496 e. The molecule has 1 N–H and O–H groups in total. The monoisotopic (exact) mass is 524 g/mol. The number of rotatable bonds is 5. The second-order valence-electron chi connectivity index (χ2n) is 7.25. The Morgan fingerprint density at radius 1 is 1.03 bits per heavy atom. The summed E-state index contributed by atoms with van der Waals surface area (Å²) < 4.78 is 6.31. The lowest BCUT2D eigenvalue weighted by atomic mass is 10.0. The van der Waals surface area contributed by atoms with Gasteiger partial charge in [0.2, 0.25) is 0 Å². The summed E-state index contributed by atoms with van der Waals surface area (Å²) in [5, 5.41) is 2.87. The summed E-state index contributed by atoms with van der Waals surface area (Å²) in [6.45, 7) is 0. The first kappa shape index (κ1) is 22.8. The number of hydrogen-bond donors (Lipinski definition) is 1. The van der Waals surface area contributed by atoms with Crippen LogP contribution in [0.4, 0.5) is 10.5 Å². The first-order valence-electron chi connectivity index (χ1n) is 9.95. The fourth-order valence-corrected chi connectivity index (χ4v) is 4.34. The van der Waals surface area contributed by atoms with Crippen molar-refractivity contribution in [2.75, 3.05) is 12.0 Å². The molecule has 4 rings (SSSR count). The SMILES string of the molecule is COc1cc(/C=C2\C(=O)NC(=O)N(c3ccccc3)C2=O)cc(Br)c1Cc1ccccc1Cl. The molecule has 166 valence electrons. The van der Waals surface area contributed by atoms with Crippen molar-refractivity contribution in [3.05, 3.63) is 98.5 Å². The summed E-state index contributed by atoms with van der Waals surface area (Å²) >= 11 is 9.88. The average molecular weight is 526 g/mol. The van der Waals surface area contributed by atoms with Gasteiger partial charge in [0.15, 0.2) is 0 Å². The third kappa shape index (κ3) is 4.69. The topological polar surface area (TPSA) is 75.7 Å². The van der Waals surface area contributed by atoms with Crippen molar-refractivity contribution < 1.29 is 19.1 Å². The highest BCUT2D eigenvalue weighted by Crippen LogP contribution is 2.34. The second kappa shape index (κ2) is 9.60. The molecule has 0 atom stereocenters. The number of para-hydroxylation sites is 1. The molecule has 0 radical (unpaired) electrons. The maximum atomic E-state index is 13.1. The number of barbiturate groups is 1. The van der Waals surface area contributed by atoms with E-state index < -0.39 is 17.8 Å². The molecule has 1 aliphatic heterocycles. The molecule has 1 saturated heterocycles. The molecule has 0 unspecified atom stereocenters.